The van der Waals surface area contributed by atoms with Crippen molar-refractivity contribution in [2.75, 3.05) is 18.4 Å². The highest BCUT2D eigenvalue weighted by Crippen LogP contribution is 2.17. The number of benzene rings is 2. The Morgan fingerprint density at radius 1 is 0.921 bits per heavy atom. The first kappa shape index (κ1) is 30.1. The van der Waals surface area contributed by atoms with Crippen molar-refractivity contribution >= 4 is 23.4 Å². The number of hydrogen-bond donors (Lipinski definition) is 6. The van der Waals surface area contributed by atoms with Crippen LogP contribution in [0, 0.1) is 23.7 Å². The third-order valence-electron chi connectivity index (χ3n) is 5.92. The van der Waals surface area contributed by atoms with Crippen molar-refractivity contribution in [3.05, 3.63) is 65.2 Å². The Labute approximate surface area is 223 Å². The number of hydrogen-bond acceptors (Lipinski definition) is 6. The molecule has 2 aromatic carbocycles. The van der Waals surface area contributed by atoms with Gasteiger partial charge in [-0.2, -0.15) is 0 Å². The smallest absolute Gasteiger partial charge is 0.267 e. The minimum absolute atomic E-state index is 0. The van der Waals surface area contributed by atoms with Crippen LogP contribution in [-0.4, -0.2) is 48.1 Å². The SMILES string of the molecule is C.NC[C@H](NC(=O)c1ccc(C#CC#Cc2ccc(NC(=O)CNC3CCCCC3)cc2)cc1)C(=O)NO. The average molecular weight is 518 g/mol. The van der Waals surface area contributed by atoms with Crippen LogP contribution in [0.5, 0.6) is 0 Å². The molecule has 9 nitrogen and oxygen atoms in total. The van der Waals surface area contributed by atoms with Crippen LogP contribution in [0.15, 0.2) is 48.5 Å². The monoisotopic (exact) mass is 517 g/mol. The normalized spacial score (nSPS) is 13.3. The number of nitrogens with two attached hydrogens (primary N) is 1. The minimum Gasteiger partial charge on any atom is -0.339 e. The zero-order chi connectivity index (χ0) is 26.5. The van der Waals surface area contributed by atoms with Crippen molar-refractivity contribution < 1.29 is 19.6 Å². The second-order valence-electron chi connectivity index (χ2n) is 8.66. The van der Waals surface area contributed by atoms with E-state index in [1.807, 2.05) is 12.1 Å². The van der Waals surface area contributed by atoms with Gasteiger partial charge in [0.15, 0.2) is 0 Å². The van der Waals surface area contributed by atoms with Gasteiger partial charge in [-0.3, -0.25) is 19.6 Å². The summed E-state index contributed by atoms with van der Waals surface area (Å²) in [7, 11) is 0. The Bertz CT molecular complexity index is 1200. The lowest BCUT2D eigenvalue weighted by Gasteiger charge is -2.22. The van der Waals surface area contributed by atoms with Crippen molar-refractivity contribution in [2.24, 2.45) is 5.73 Å². The van der Waals surface area contributed by atoms with E-state index in [-0.39, 0.29) is 19.9 Å². The van der Waals surface area contributed by atoms with Crippen LogP contribution in [0.2, 0.25) is 0 Å². The molecule has 1 fully saturated rings. The number of carbonyl (C=O) groups is 3. The predicted molar refractivity (Wildman–Crippen MR) is 147 cm³/mol. The fourth-order valence-electron chi connectivity index (χ4n) is 3.85. The second kappa shape index (κ2) is 15.9. The van der Waals surface area contributed by atoms with E-state index in [0.29, 0.717) is 29.4 Å². The van der Waals surface area contributed by atoms with Gasteiger partial charge in [0.05, 0.1) is 6.54 Å². The Morgan fingerprint density at radius 2 is 1.50 bits per heavy atom. The van der Waals surface area contributed by atoms with E-state index in [0.717, 1.165) is 18.4 Å². The molecular weight excluding hydrogens is 482 g/mol. The highest BCUT2D eigenvalue weighted by atomic mass is 16.5. The Morgan fingerprint density at radius 3 is 2.05 bits per heavy atom. The quantitative estimate of drug-likeness (QED) is 0.180. The molecule has 1 aliphatic carbocycles. The van der Waals surface area contributed by atoms with Gasteiger partial charge in [0.2, 0.25) is 5.91 Å². The molecule has 0 aromatic heterocycles. The standard InChI is InChI=1S/C28H31N5O4.CH4/c29-18-25(28(36)33-37)32-27(35)22-14-10-20(11-15-22)6-4-5-7-21-12-16-24(17-13-21)31-26(34)19-30-23-8-2-1-3-9-23;/h10-17,23,25,30,37H,1-3,8-9,18-19,29H2,(H,31,34)(H,32,35)(H,33,36);1H4/t25-;/m0./s1. The Hall–Kier alpha value is -4.15. The molecule has 0 heterocycles. The molecule has 0 radical (unpaired) electrons. The summed E-state index contributed by atoms with van der Waals surface area (Å²) in [6.07, 6.45) is 6.00. The number of anilines is 1. The van der Waals surface area contributed by atoms with Gasteiger partial charge in [-0.1, -0.05) is 38.5 Å². The highest BCUT2D eigenvalue weighted by Gasteiger charge is 2.19. The van der Waals surface area contributed by atoms with Crippen molar-refractivity contribution in [1.29, 1.82) is 0 Å². The second-order valence-corrected chi connectivity index (χ2v) is 8.66. The predicted octanol–water partition coefficient (Wildman–Crippen LogP) is 2.15. The van der Waals surface area contributed by atoms with Crippen LogP contribution in [0.1, 0.15) is 61.0 Å². The lowest BCUT2D eigenvalue weighted by molar-refractivity contribution is -0.130. The summed E-state index contributed by atoms with van der Waals surface area (Å²) >= 11 is 0. The molecule has 1 saturated carbocycles. The molecule has 7 N–H and O–H groups in total. The number of amides is 3. The summed E-state index contributed by atoms with van der Waals surface area (Å²) < 4.78 is 0. The zero-order valence-electron chi connectivity index (χ0n) is 20.5. The fraction of sp³-hybridized carbons (Fsp3) is 0.345. The lowest BCUT2D eigenvalue weighted by atomic mass is 9.95. The first-order chi connectivity index (χ1) is 18.0. The molecule has 0 unspecified atom stereocenters. The van der Waals surface area contributed by atoms with E-state index in [9.17, 15) is 14.4 Å². The molecule has 0 aliphatic heterocycles. The van der Waals surface area contributed by atoms with E-state index in [4.69, 9.17) is 10.9 Å². The molecule has 9 heteroatoms. The first-order valence-corrected chi connectivity index (χ1v) is 12.2. The maximum absolute atomic E-state index is 12.2. The van der Waals surface area contributed by atoms with E-state index < -0.39 is 17.9 Å². The molecular formula is C29H35N5O4. The van der Waals surface area contributed by atoms with Crippen LogP contribution in [0.25, 0.3) is 0 Å². The van der Waals surface area contributed by atoms with E-state index >= 15 is 0 Å². The molecule has 3 amide bonds. The van der Waals surface area contributed by atoms with Crippen LogP contribution in [0.3, 0.4) is 0 Å². The topological polar surface area (TPSA) is 146 Å². The molecule has 200 valence electrons. The fourth-order valence-corrected chi connectivity index (χ4v) is 3.85. The van der Waals surface area contributed by atoms with Crippen LogP contribution in [0.4, 0.5) is 5.69 Å². The Balaban J connectivity index is 0.00000507. The van der Waals surface area contributed by atoms with Crippen LogP contribution < -0.4 is 27.2 Å². The van der Waals surface area contributed by atoms with Gasteiger partial charge in [-0.25, -0.2) is 5.48 Å². The van der Waals surface area contributed by atoms with Gasteiger partial charge in [0.1, 0.15) is 6.04 Å². The highest BCUT2D eigenvalue weighted by molar-refractivity contribution is 5.97. The summed E-state index contributed by atoms with van der Waals surface area (Å²) in [4.78, 5) is 35.8. The molecule has 3 rings (SSSR count). The maximum Gasteiger partial charge on any atom is 0.267 e. The van der Waals surface area contributed by atoms with Gasteiger partial charge in [-0.05, 0) is 73.2 Å². The molecule has 38 heavy (non-hydrogen) atoms. The van der Waals surface area contributed by atoms with Gasteiger partial charge < -0.3 is 21.7 Å². The number of nitrogens with one attached hydrogen (secondary N) is 4. The van der Waals surface area contributed by atoms with Crippen molar-refractivity contribution in [3.8, 4) is 23.7 Å². The maximum atomic E-state index is 12.2. The average Bonchev–Trinajstić information content (AvgIpc) is 2.94. The third kappa shape index (κ3) is 9.72. The summed E-state index contributed by atoms with van der Waals surface area (Å²) in [5, 5.41) is 17.3. The van der Waals surface area contributed by atoms with Crippen molar-refractivity contribution in [3.63, 3.8) is 0 Å². The van der Waals surface area contributed by atoms with Gasteiger partial charge in [0.25, 0.3) is 11.8 Å². The molecule has 0 spiro atoms. The van der Waals surface area contributed by atoms with Crippen LogP contribution in [-0.2, 0) is 9.59 Å². The largest absolute Gasteiger partial charge is 0.339 e. The van der Waals surface area contributed by atoms with Crippen molar-refractivity contribution in [1.82, 2.24) is 16.1 Å². The summed E-state index contributed by atoms with van der Waals surface area (Å²) in [5.74, 6) is 10.1. The van der Waals surface area contributed by atoms with E-state index in [1.165, 1.54) is 24.7 Å². The number of hydroxylamine groups is 1. The molecule has 1 atom stereocenters. The lowest BCUT2D eigenvalue weighted by Crippen LogP contribution is -2.50. The summed E-state index contributed by atoms with van der Waals surface area (Å²) in [6.45, 7) is 0.151. The molecule has 1 aliphatic rings. The number of carbonyl (C=O) groups excluding carboxylic acids is 3. The first-order valence-electron chi connectivity index (χ1n) is 12.2. The zero-order valence-corrected chi connectivity index (χ0v) is 20.5. The summed E-state index contributed by atoms with van der Waals surface area (Å²) in [6, 6.07) is 13.1. The van der Waals surface area contributed by atoms with Gasteiger partial charge >= 0.3 is 0 Å². The van der Waals surface area contributed by atoms with Crippen LogP contribution >= 0.6 is 0 Å². The number of rotatable bonds is 8. The summed E-state index contributed by atoms with van der Waals surface area (Å²) in [5.41, 5.74) is 9.36. The minimum atomic E-state index is -1.04. The van der Waals surface area contributed by atoms with Gasteiger partial charge in [0, 0.05) is 35.0 Å². The third-order valence-corrected chi connectivity index (χ3v) is 5.92. The van der Waals surface area contributed by atoms with E-state index in [1.54, 1.807) is 36.4 Å². The Kier molecular flexibility index (Phi) is 12.5. The molecule has 2 aromatic rings. The van der Waals surface area contributed by atoms with Gasteiger partial charge in [-0.15, -0.1) is 0 Å². The van der Waals surface area contributed by atoms with E-state index in [2.05, 4.69) is 39.6 Å². The molecule has 0 saturated heterocycles. The molecule has 0 bridgehead atoms. The van der Waals surface area contributed by atoms with Crippen molar-refractivity contribution in [2.45, 2.75) is 51.6 Å².